The molecule has 0 amide bonds. The van der Waals surface area contributed by atoms with E-state index in [9.17, 15) is 0 Å². The summed E-state index contributed by atoms with van der Waals surface area (Å²) in [5, 5.41) is 3.38. The maximum atomic E-state index is 3.38. The molecular formula is C11H17ClN2. The van der Waals surface area contributed by atoms with E-state index in [-0.39, 0.29) is 12.4 Å². The highest BCUT2D eigenvalue weighted by Gasteiger charge is 2.18. The summed E-state index contributed by atoms with van der Waals surface area (Å²) in [6.07, 6.45) is 1.26. The molecule has 0 radical (unpaired) electrons. The lowest BCUT2D eigenvalue weighted by Crippen LogP contribution is -2.33. The fraction of sp³-hybridized carbons (Fsp3) is 0.455. The number of rotatable bonds is 2. The van der Waals surface area contributed by atoms with Gasteiger partial charge in [-0.1, -0.05) is 18.2 Å². The molecule has 2 rings (SSSR count). The van der Waals surface area contributed by atoms with Gasteiger partial charge in [-0.2, -0.15) is 0 Å². The van der Waals surface area contributed by atoms with Crippen molar-refractivity contribution in [3.05, 3.63) is 30.3 Å². The van der Waals surface area contributed by atoms with Gasteiger partial charge in [-0.15, -0.1) is 12.4 Å². The zero-order chi connectivity index (χ0) is 9.10. The molecule has 0 unspecified atom stereocenters. The first kappa shape index (κ1) is 11.3. The highest BCUT2D eigenvalue weighted by molar-refractivity contribution is 5.85. The van der Waals surface area contributed by atoms with Gasteiger partial charge in [0.25, 0.3) is 0 Å². The highest BCUT2D eigenvalue weighted by Crippen LogP contribution is 2.17. The minimum Gasteiger partial charge on any atom is -0.370 e. The number of benzene rings is 1. The predicted octanol–water partition coefficient (Wildman–Crippen LogP) is 1.91. The van der Waals surface area contributed by atoms with E-state index in [4.69, 9.17) is 0 Å². The van der Waals surface area contributed by atoms with E-state index in [2.05, 4.69) is 47.6 Å². The average Bonchev–Trinajstić information content (AvgIpc) is 2.71. The minimum absolute atomic E-state index is 0. The second kappa shape index (κ2) is 5.23. The Bertz CT molecular complexity index is 257. The molecule has 1 N–H and O–H groups in total. The molecule has 0 saturated carbocycles. The summed E-state index contributed by atoms with van der Waals surface area (Å²) in [6.45, 7) is 2.27. The number of para-hydroxylation sites is 1. The molecule has 1 heterocycles. The number of nitrogens with zero attached hydrogens (tertiary/aromatic N) is 1. The molecule has 0 aliphatic carbocycles. The molecule has 1 saturated heterocycles. The Kier molecular flexibility index (Phi) is 4.23. The van der Waals surface area contributed by atoms with Crippen LogP contribution >= 0.6 is 12.4 Å². The van der Waals surface area contributed by atoms with Crippen LogP contribution in [0.4, 0.5) is 5.69 Å². The molecule has 14 heavy (non-hydrogen) atoms. The van der Waals surface area contributed by atoms with Crippen molar-refractivity contribution in [2.45, 2.75) is 12.5 Å². The van der Waals surface area contributed by atoms with Gasteiger partial charge in [0.15, 0.2) is 0 Å². The maximum absolute atomic E-state index is 3.38. The third kappa shape index (κ3) is 2.40. The molecule has 1 aromatic rings. The third-order valence-corrected chi connectivity index (χ3v) is 2.75. The van der Waals surface area contributed by atoms with Crippen molar-refractivity contribution in [2.24, 2.45) is 0 Å². The van der Waals surface area contributed by atoms with Gasteiger partial charge in [0.05, 0.1) is 0 Å². The summed E-state index contributed by atoms with van der Waals surface area (Å²) in [6, 6.07) is 11.2. The van der Waals surface area contributed by atoms with Crippen molar-refractivity contribution in [3.8, 4) is 0 Å². The largest absolute Gasteiger partial charge is 0.370 e. The van der Waals surface area contributed by atoms with Crippen LogP contribution in [0.5, 0.6) is 0 Å². The van der Waals surface area contributed by atoms with Crippen LogP contribution in [0.3, 0.4) is 0 Å². The van der Waals surface area contributed by atoms with Crippen molar-refractivity contribution in [2.75, 3.05) is 25.0 Å². The Morgan fingerprint density at radius 2 is 2.00 bits per heavy atom. The van der Waals surface area contributed by atoms with Gasteiger partial charge in [-0.05, 0) is 25.1 Å². The van der Waals surface area contributed by atoms with Crippen molar-refractivity contribution < 1.29 is 0 Å². The molecule has 1 fully saturated rings. The Hall–Kier alpha value is -0.730. The van der Waals surface area contributed by atoms with Gasteiger partial charge in [0, 0.05) is 25.3 Å². The summed E-state index contributed by atoms with van der Waals surface area (Å²) in [4.78, 5) is 2.36. The molecular weight excluding hydrogens is 196 g/mol. The number of hydrogen-bond donors (Lipinski definition) is 1. The molecule has 78 valence electrons. The van der Waals surface area contributed by atoms with Crippen molar-refractivity contribution in [1.29, 1.82) is 0 Å². The van der Waals surface area contributed by atoms with E-state index in [1.807, 2.05) is 0 Å². The van der Waals surface area contributed by atoms with Crippen LogP contribution in [-0.4, -0.2) is 26.2 Å². The quantitative estimate of drug-likeness (QED) is 0.806. The van der Waals surface area contributed by atoms with Gasteiger partial charge in [0.1, 0.15) is 0 Å². The van der Waals surface area contributed by atoms with E-state index in [0.29, 0.717) is 6.04 Å². The molecule has 0 spiro atoms. The number of likely N-dealkylation sites (N-methyl/N-ethyl adjacent to an activating group) is 1. The molecule has 0 bridgehead atoms. The monoisotopic (exact) mass is 212 g/mol. The van der Waals surface area contributed by atoms with Crippen LogP contribution < -0.4 is 10.2 Å². The normalized spacial score (nSPS) is 20.2. The van der Waals surface area contributed by atoms with Gasteiger partial charge >= 0.3 is 0 Å². The zero-order valence-corrected chi connectivity index (χ0v) is 9.26. The van der Waals surface area contributed by atoms with E-state index >= 15 is 0 Å². The lowest BCUT2D eigenvalue weighted by atomic mass is 10.2. The van der Waals surface area contributed by atoms with Crippen LogP contribution in [0, 0.1) is 0 Å². The predicted molar refractivity (Wildman–Crippen MR) is 63.4 cm³/mol. The smallest absolute Gasteiger partial charge is 0.0423 e. The van der Waals surface area contributed by atoms with Crippen LogP contribution in [0.1, 0.15) is 6.42 Å². The van der Waals surface area contributed by atoms with Crippen molar-refractivity contribution in [1.82, 2.24) is 5.32 Å². The molecule has 1 aromatic carbocycles. The lowest BCUT2D eigenvalue weighted by Gasteiger charge is -2.25. The van der Waals surface area contributed by atoms with Crippen molar-refractivity contribution in [3.63, 3.8) is 0 Å². The van der Waals surface area contributed by atoms with Gasteiger partial charge in [-0.3, -0.25) is 0 Å². The number of hydrogen-bond acceptors (Lipinski definition) is 2. The van der Waals surface area contributed by atoms with Gasteiger partial charge in [-0.25, -0.2) is 0 Å². The Morgan fingerprint density at radius 1 is 1.29 bits per heavy atom. The summed E-state index contributed by atoms with van der Waals surface area (Å²) >= 11 is 0. The lowest BCUT2D eigenvalue weighted by molar-refractivity contribution is 0.686. The number of halogens is 1. The average molecular weight is 213 g/mol. The maximum Gasteiger partial charge on any atom is 0.0423 e. The van der Waals surface area contributed by atoms with E-state index < -0.39 is 0 Å². The summed E-state index contributed by atoms with van der Waals surface area (Å²) in [7, 11) is 2.17. The standard InChI is InChI=1S/C11H16N2.ClH/c1-13(11-7-8-12-9-11)10-5-3-2-4-6-10;/h2-6,11-12H,7-9H2,1H3;1H/t11-;/m1./s1. The number of anilines is 1. The zero-order valence-electron chi connectivity index (χ0n) is 8.44. The Morgan fingerprint density at radius 3 is 2.57 bits per heavy atom. The van der Waals surface area contributed by atoms with Crippen LogP contribution in [-0.2, 0) is 0 Å². The molecule has 3 heteroatoms. The first-order chi connectivity index (χ1) is 6.38. The third-order valence-electron chi connectivity index (χ3n) is 2.75. The van der Waals surface area contributed by atoms with Crippen molar-refractivity contribution >= 4 is 18.1 Å². The second-order valence-electron chi connectivity index (χ2n) is 3.59. The van der Waals surface area contributed by atoms with E-state index in [1.54, 1.807) is 0 Å². The number of nitrogens with one attached hydrogen (secondary N) is 1. The van der Waals surface area contributed by atoms with Gasteiger partial charge in [0.2, 0.25) is 0 Å². The highest BCUT2D eigenvalue weighted by atomic mass is 35.5. The molecule has 1 aliphatic rings. The summed E-state index contributed by atoms with van der Waals surface area (Å²) in [5.41, 5.74) is 1.32. The Labute approximate surface area is 91.7 Å². The van der Waals surface area contributed by atoms with Crippen LogP contribution in [0.15, 0.2) is 30.3 Å². The Balaban J connectivity index is 0.000000980. The van der Waals surface area contributed by atoms with Crippen LogP contribution in [0.2, 0.25) is 0 Å². The van der Waals surface area contributed by atoms with E-state index in [0.717, 1.165) is 13.1 Å². The molecule has 1 aliphatic heterocycles. The fourth-order valence-corrected chi connectivity index (χ4v) is 1.84. The van der Waals surface area contributed by atoms with Gasteiger partial charge < -0.3 is 10.2 Å². The minimum atomic E-state index is 0. The summed E-state index contributed by atoms with van der Waals surface area (Å²) < 4.78 is 0. The molecule has 1 atom stereocenters. The topological polar surface area (TPSA) is 15.3 Å². The van der Waals surface area contributed by atoms with E-state index in [1.165, 1.54) is 12.1 Å². The molecule has 2 nitrogen and oxygen atoms in total. The summed E-state index contributed by atoms with van der Waals surface area (Å²) in [5.74, 6) is 0. The SMILES string of the molecule is CN(c1ccccc1)[C@@H]1CCNC1.Cl. The first-order valence-electron chi connectivity index (χ1n) is 4.86. The fourth-order valence-electron chi connectivity index (χ4n) is 1.84. The second-order valence-corrected chi connectivity index (χ2v) is 3.59. The molecule has 0 aromatic heterocycles. The van der Waals surface area contributed by atoms with Crippen LogP contribution in [0.25, 0.3) is 0 Å². The first-order valence-corrected chi connectivity index (χ1v) is 4.86.